The van der Waals surface area contributed by atoms with E-state index in [4.69, 9.17) is 0 Å². The minimum atomic E-state index is 0.125. The van der Waals surface area contributed by atoms with Crippen LogP contribution in [0.2, 0.25) is 0 Å². The van der Waals surface area contributed by atoms with Crippen molar-refractivity contribution in [2.75, 3.05) is 18.8 Å². The van der Waals surface area contributed by atoms with Crippen molar-refractivity contribution in [2.45, 2.75) is 36.6 Å². The Labute approximate surface area is 140 Å². The third kappa shape index (κ3) is 2.87. The summed E-state index contributed by atoms with van der Waals surface area (Å²) in [6.07, 6.45) is 4.53. The lowest BCUT2D eigenvalue weighted by molar-refractivity contribution is 0.0495. The van der Waals surface area contributed by atoms with Crippen LogP contribution in [-0.2, 0) is 0 Å². The second-order valence-corrected chi connectivity index (χ2v) is 7.50. The Morgan fingerprint density at radius 3 is 2.83 bits per heavy atom. The van der Waals surface area contributed by atoms with E-state index >= 15 is 0 Å². The zero-order chi connectivity index (χ0) is 15.8. The van der Waals surface area contributed by atoms with Crippen LogP contribution in [0.5, 0.6) is 0 Å². The summed E-state index contributed by atoms with van der Waals surface area (Å²) in [5.41, 5.74) is 1.93. The average Bonchev–Trinajstić information content (AvgIpc) is 3.26. The van der Waals surface area contributed by atoms with Gasteiger partial charge in [0.2, 0.25) is 0 Å². The Morgan fingerprint density at radius 1 is 1.30 bits per heavy atom. The van der Waals surface area contributed by atoms with Gasteiger partial charge >= 0.3 is 0 Å². The lowest BCUT2D eigenvalue weighted by Gasteiger charge is -2.39. The van der Waals surface area contributed by atoms with Gasteiger partial charge < -0.3 is 4.90 Å². The summed E-state index contributed by atoms with van der Waals surface area (Å²) in [5.74, 6) is 1.72. The molecule has 0 bridgehead atoms. The van der Waals surface area contributed by atoms with Crippen molar-refractivity contribution in [3.63, 3.8) is 0 Å². The second-order valence-electron chi connectivity index (χ2n) is 6.19. The van der Waals surface area contributed by atoms with E-state index in [9.17, 15) is 4.79 Å². The number of hydrogen-bond donors (Lipinski definition) is 0. The van der Waals surface area contributed by atoms with Gasteiger partial charge in [-0.2, -0.15) is 0 Å². The molecule has 2 aromatic rings. The van der Waals surface area contributed by atoms with Crippen molar-refractivity contribution >= 4 is 17.7 Å². The Balaban J connectivity index is 1.41. The third-order valence-electron chi connectivity index (χ3n) is 4.46. The van der Waals surface area contributed by atoms with Gasteiger partial charge in [-0.05, 0) is 30.7 Å². The van der Waals surface area contributed by atoms with Crippen LogP contribution in [0.1, 0.15) is 47.8 Å². The molecule has 2 aliphatic rings. The van der Waals surface area contributed by atoms with E-state index in [1.165, 1.54) is 12.8 Å². The first-order chi connectivity index (χ1) is 11.3. The number of hydrogen-bond acceptors (Lipinski definition) is 4. The number of amides is 1. The van der Waals surface area contributed by atoms with Crippen LogP contribution < -0.4 is 0 Å². The van der Waals surface area contributed by atoms with Gasteiger partial charge in [-0.15, -0.1) is 16.9 Å². The van der Waals surface area contributed by atoms with Crippen LogP contribution in [-0.4, -0.2) is 44.6 Å². The first-order valence-electron chi connectivity index (χ1n) is 8.19. The lowest BCUT2D eigenvalue weighted by Crippen LogP contribution is -2.51. The number of rotatable bonds is 5. The summed E-state index contributed by atoms with van der Waals surface area (Å²) in [6, 6.07) is 8.14. The van der Waals surface area contributed by atoms with E-state index in [2.05, 4.69) is 23.4 Å². The normalized spacial score (nSPS) is 18.0. The molecule has 1 saturated carbocycles. The lowest BCUT2D eigenvalue weighted by atomic mass is 10.1. The Morgan fingerprint density at radius 2 is 2.09 bits per heavy atom. The highest BCUT2D eigenvalue weighted by atomic mass is 32.2. The second kappa shape index (κ2) is 6.00. The molecule has 2 fully saturated rings. The Hall–Kier alpha value is -1.82. The van der Waals surface area contributed by atoms with Crippen LogP contribution in [0.3, 0.4) is 0 Å². The molecular weight excluding hydrogens is 308 g/mol. The molecule has 4 rings (SSSR count). The van der Waals surface area contributed by atoms with Gasteiger partial charge in [0.15, 0.2) is 0 Å². The largest absolute Gasteiger partial charge is 0.334 e. The van der Waals surface area contributed by atoms with E-state index in [-0.39, 0.29) is 11.9 Å². The van der Waals surface area contributed by atoms with Crippen LogP contribution in [0, 0.1) is 0 Å². The minimum absolute atomic E-state index is 0.125. The van der Waals surface area contributed by atoms with Gasteiger partial charge in [-0.25, -0.2) is 4.68 Å². The van der Waals surface area contributed by atoms with Crippen LogP contribution in [0.15, 0.2) is 35.4 Å². The predicted molar refractivity (Wildman–Crippen MR) is 89.8 cm³/mol. The van der Waals surface area contributed by atoms with E-state index in [1.54, 1.807) is 11.8 Å². The highest BCUT2D eigenvalue weighted by Gasteiger charge is 2.35. The first kappa shape index (κ1) is 14.8. The van der Waals surface area contributed by atoms with Gasteiger partial charge in [-0.1, -0.05) is 24.3 Å². The summed E-state index contributed by atoms with van der Waals surface area (Å²) in [4.78, 5) is 15.7. The summed E-state index contributed by atoms with van der Waals surface area (Å²) >= 11 is 1.72. The third-order valence-corrected chi connectivity index (χ3v) is 5.42. The maximum absolute atomic E-state index is 12.7. The van der Waals surface area contributed by atoms with Crippen LogP contribution in [0.25, 0.3) is 0 Å². The van der Waals surface area contributed by atoms with Gasteiger partial charge in [0, 0.05) is 30.1 Å². The fourth-order valence-corrected chi connectivity index (χ4v) is 3.72. The zero-order valence-corrected chi connectivity index (χ0v) is 14.0. The maximum Gasteiger partial charge on any atom is 0.255 e. The molecule has 120 valence electrons. The fourth-order valence-electron chi connectivity index (χ4n) is 2.92. The molecule has 2 heterocycles. The molecule has 1 aromatic heterocycles. The molecule has 1 aromatic carbocycles. The molecule has 0 spiro atoms. The topological polar surface area (TPSA) is 51.0 Å². The molecule has 0 radical (unpaired) electrons. The van der Waals surface area contributed by atoms with Crippen molar-refractivity contribution in [1.29, 1.82) is 0 Å². The highest BCUT2D eigenvalue weighted by Crippen LogP contribution is 2.39. The Bertz CT molecular complexity index is 719. The molecule has 0 atom stereocenters. The monoisotopic (exact) mass is 328 g/mol. The number of aromatic nitrogens is 3. The average molecular weight is 328 g/mol. The van der Waals surface area contributed by atoms with E-state index in [1.807, 2.05) is 33.8 Å². The van der Waals surface area contributed by atoms with Crippen molar-refractivity contribution in [3.05, 3.63) is 41.7 Å². The van der Waals surface area contributed by atoms with Gasteiger partial charge in [0.25, 0.3) is 5.91 Å². The number of carbonyl (C=O) groups is 1. The van der Waals surface area contributed by atoms with Crippen LogP contribution in [0.4, 0.5) is 0 Å². The molecule has 0 unspecified atom stereocenters. The predicted octanol–water partition coefficient (Wildman–Crippen LogP) is 2.96. The molecule has 6 heteroatoms. The number of carbonyl (C=O) groups excluding carboxylic acids is 1. The summed E-state index contributed by atoms with van der Waals surface area (Å²) in [6.45, 7) is 3.54. The van der Waals surface area contributed by atoms with Crippen molar-refractivity contribution in [2.24, 2.45) is 0 Å². The number of benzene rings is 1. The van der Waals surface area contributed by atoms with Crippen molar-refractivity contribution in [3.8, 4) is 0 Å². The first-order valence-corrected chi connectivity index (χ1v) is 9.17. The number of thioether (sulfide) groups is 1. The van der Waals surface area contributed by atoms with Crippen molar-refractivity contribution in [1.82, 2.24) is 19.9 Å². The van der Waals surface area contributed by atoms with Gasteiger partial charge in [-0.3, -0.25) is 4.79 Å². The number of nitrogens with zero attached hydrogens (tertiary/aromatic N) is 4. The maximum atomic E-state index is 12.7. The quantitative estimate of drug-likeness (QED) is 0.792. The summed E-state index contributed by atoms with van der Waals surface area (Å²) in [7, 11) is 0. The van der Waals surface area contributed by atoms with E-state index in [0.29, 0.717) is 5.92 Å². The molecule has 1 saturated heterocycles. The number of likely N-dealkylation sites (tertiary alicyclic amines) is 1. The molecule has 1 amide bonds. The molecule has 23 heavy (non-hydrogen) atoms. The summed E-state index contributed by atoms with van der Waals surface area (Å²) < 4.78 is 1.93. The summed E-state index contributed by atoms with van der Waals surface area (Å²) in [5, 5.41) is 8.49. The Kier molecular flexibility index (Phi) is 3.85. The van der Waals surface area contributed by atoms with Crippen molar-refractivity contribution < 1.29 is 4.79 Å². The molecule has 1 aliphatic carbocycles. The molecule has 0 N–H and O–H groups in total. The molecule has 5 nitrogen and oxygen atoms in total. The standard InChI is InChI=1S/C17H20N4OS/c1-2-23-16-6-4-3-5-14(16)17(22)20-9-13(10-20)21-11-15(18-19-21)12-7-8-12/h3-6,11-13H,2,7-10H2,1H3. The van der Waals surface area contributed by atoms with Crippen LogP contribution >= 0.6 is 11.8 Å². The SMILES string of the molecule is CCSc1ccccc1C(=O)N1CC(n2cc(C3CC3)nn2)C1. The molecule has 1 aliphatic heterocycles. The fraction of sp³-hybridized carbons (Fsp3) is 0.471. The minimum Gasteiger partial charge on any atom is -0.334 e. The smallest absolute Gasteiger partial charge is 0.255 e. The zero-order valence-electron chi connectivity index (χ0n) is 13.2. The van der Waals surface area contributed by atoms with E-state index in [0.717, 1.165) is 35.0 Å². The van der Waals surface area contributed by atoms with Gasteiger partial charge in [0.1, 0.15) is 0 Å². The van der Waals surface area contributed by atoms with Gasteiger partial charge in [0.05, 0.1) is 17.3 Å². The highest BCUT2D eigenvalue weighted by molar-refractivity contribution is 7.99. The van der Waals surface area contributed by atoms with E-state index < -0.39 is 0 Å². The molecular formula is C17H20N4OS.